The molecule has 1 atom stereocenters. The number of para-hydroxylation sites is 1. The zero-order valence-electron chi connectivity index (χ0n) is 12.9. The molecule has 108 valence electrons. The van der Waals surface area contributed by atoms with Gasteiger partial charge in [-0.1, -0.05) is 57.9 Å². The van der Waals surface area contributed by atoms with Gasteiger partial charge in [-0.15, -0.1) is 0 Å². The fourth-order valence-corrected chi connectivity index (χ4v) is 2.97. The first-order chi connectivity index (χ1) is 9.78. The summed E-state index contributed by atoms with van der Waals surface area (Å²) in [5.74, 6) is 0.725. The Morgan fingerprint density at radius 2 is 1.75 bits per heavy atom. The minimum absolute atomic E-state index is 0.531. The Morgan fingerprint density at radius 1 is 1.00 bits per heavy atom. The summed E-state index contributed by atoms with van der Waals surface area (Å²) in [7, 11) is 0. The van der Waals surface area contributed by atoms with E-state index in [-0.39, 0.29) is 0 Å². The lowest BCUT2D eigenvalue weighted by Crippen LogP contribution is -2.37. The molecular weight excluding hydrogens is 244 g/mol. The van der Waals surface area contributed by atoms with E-state index in [1.54, 1.807) is 0 Å². The molecule has 0 amide bonds. The van der Waals surface area contributed by atoms with Crippen LogP contribution in [0.15, 0.2) is 36.4 Å². The van der Waals surface area contributed by atoms with Crippen molar-refractivity contribution in [2.24, 2.45) is 5.92 Å². The zero-order valence-corrected chi connectivity index (χ0v) is 12.9. The quantitative estimate of drug-likeness (QED) is 0.816. The summed E-state index contributed by atoms with van der Waals surface area (Å²) in [6.45, 7) is 7.77. The first kappa shape index (κ1) is 15.0. The van der Waals surface area contributed by atoms with Gasteiger partial charge in [0.25, 0.3) is 0 Å². The van der Waals surface area contributed by atoms with Gasteiger partial charge in [-0.05, 0) is 24.6 Å². The maximum Gasteiger partial charge on any atom is 0.0705 e. The van der Waals surface area contributed by atoms with E-state index in [1.807, 2.05) is 0 Å². The van der Waals surface area contributed by atoms with Crippen molar-refractivity contribution in [3.8, 4) is 0 Å². The molecule has 0 saturated heterocycles. The Bertz CT molecular complexity index is 532. The average Bonchev–Trinajstić information content (AvgIpc) is 2.48. The second-order valence-electron chi connectivity index (χ2n) is 5.44. The Kier molecular flexibility index (Phi) is 5.54. The number of fused-ring (bicyclic) bond motifs is 1. The van der Waals surface area contributed by atoms with Crippen molar-refractivity contribution in [3.63, 3.8) is 0 Å². The maximum atomic E-state index is 4.81. The Morgan fingerprint density at radius 3 is 2.45 bits per heavy atom. The van der Waals surface area contributed by atoms with Crippen molar-refractivity contribution in [1.82, 2.24) is 10.3 Å². The van der Waals surface area contributed by atoms with Gasteiger partial charge < -0.3 is 5.32 Å². The maximum absolute atomic E-state index is 4.81. The topological polar surface area (TPSA) is 24.9 Å². The lowest BCUT2D eigenvalue weighted by atomic mass is 9.90. The molecule has 0 saturated carbocycles. The second-order valence-corrected chi connectivity index (χ2v) is 5.44. The van der Waals surface area contributed by atoms with Crippen molar-refractivity contribution >= 4 is 10.9 Å². The standard InChI is InChI=1S/C18H26N2/c1-4-14(5-2)18(19-6-3)13-16-12-11-15-9-7-8-10-17(15)20-16/h7-12,14,18-19H,4-6,13H2,1-3H3. The summed E-state index contributed by atoms with van der Waals surface area (Å²) < 4.78 is 0. The van der Waals surface area contributed by atoms with E-state index in [9.17, 15) is 0 Å². The van der Waals surface area contributed by atoms with Crippen LogP contribution in [0.4, 0.5) is 0 Å². The molecule has 0 bridgehead atoms. The van der Waals surface area contributed by atoms with Crippen LogP contribution in [0, 0.1) is 5.92 Å². The van der Waals surface area contributed by atoms with Crippen molar-refractivity contribution in [2.75, 3.05) is 6.54 Å². The minimum atomic E-state index is 0.531. The number of nitrogens with one attached hydrogen (secondary N) is 1. The van der Waals surface area contributed by atoms with Gasteiger partial charge in [-0.3, -0.25) is 4.98 Å². The van der Waals surface area contributed by atoms with Gasteiger partial charge in [0.15, 0.2) is 0 Å². The van der Waals surface area contributed by atoms with Crippen LogP contribution in [0.2, 0.25) is 0 Å². The molecule has 1 aromatic carbocycles. The first-order valence-corrected chi connectivity index (χ1v) is 7.86. The van der Waals surface area contributed by atoms with Crippen molar-refractivity contribution in [1.29, 1.82) is 0 Å². The summed E-state index contributed by atoms with van der Waals surface area (Å²) >= 11 is 0. The van der Waals surface area contributed by atoms with Crippen LogP contribution in [0.1, 0.15) is 39.3 Å². The predicted octanol–water partition coefficient (Wildman–Crippen LogP) is 4.19. The molecule has 2 rings (SSSR count). The third-order valence-corrected chi connectivity index (χ3v) is 4.17. The molecule has 0 fully saturated rings. The summed E-state index contributed by atoms with van der Waals surface area (Å²) in [4.78, 5) is 4.81. The largest absolute Gasteiger partial charge is 0.314 e. The number of likely N-dealkylation sites (N-methyl/N-ethyl adjacent to an activating group) is 1. The molecule has 1 heterocycles. The number of aromatic nitrogens is 1. The predicted molar refractivity (Wildman–Crippen MR) is 87.0 cm³/mol. The minimum Gasteiger partial charge on any atom is -0.314 e. The van der Waals surface area contributed by atoms with E-state index < -0.39 is 0 Å². The highest BCUT2D eigenvalue weighted by molar-refractivity contribution is 5.78. The smallest absolute Gasteiger partial charge is 0.0705 e. The molecule has 1 unspecified atom stereocenters. The number of hydrogen-bond acceptors (Lipinski definition) is 2. The molecule has 0 aliphatic heterocycles. The van der Waals surface area contributed by atoms with E-state index in [1.165, 1.54) is 23.9 Å². The average molecular weight is 270 g/mol. The summed E-state index contributed by atoms with van der Waals surface area (Å²) in [5, 5.41) is 4.86. The summed E-state index contributed by atoms with van der Waals surface area (Å²) in [5.41, 5.74) is 2.30. The van der Waals surface area contributed by atoms with Crippen molar-refractivity contribution in [3.05, 3.63) is 42.1 Å². The third-order valence-electron chi connectivity index (χ3n) is 4.17. The fourth-order valence-electron chi connectivity index (χ4n) is 2.97. The van der Waals surface area contributed by atoms with Crippen LogP contribution >= 0.6 is 0 Å². The highest BCUT2D eigenvalue weighted by atomic mass is 14.9. The molecule has 0 aliphatic carbocycles. The summed E-state index contributed by atoms with van der Waals surface area (Å²) in [6, 6.07) is 13.2. The van der Waals surface area contributed by atoms with Gasteiger partial charge in [0.1, 0.15) is 0 Å². The van der Waals surface area contributed by atoms with Crippen molar-refractivity contribution in [2.45, 2.75) is 46.1 Å². The van der Waals surface area contributed by atoms with Gasteiger partial charge in [-0.25, -0.2) is 0 Å². The highest BCUT2D eigenvalue weighted by Gasteiger charge is 2.18. The first-order valence-electron chi connectivity index (χ1n) is 7.86. The van der Waals surface area contributed by atoms with Crippen LogP contribution < -0.4 is 5.32 Å². The molecule has 0 aliphatic rings. The molecule has 20 heavy (non-hydrogen) atoms. The molecule has 0 radical (unpaired) electrons. The Hall–Kier alpha value is -1.41. The zero-order chi connectivity index (χ0) is 14.4. The number of hydrogen-bond donors (Lipinski definition) is 1. The summed E-state index contributed by atoms with van der Waals surface area (Å²) in [6.07, 6.45) is 3.47. The van der Waals surface area contributed by atoms with E-state index >= 15 is 0 Å². The lowest BCUT2D eigenvalue weighted by Gasteiger charge is -2.26. The normalized spacial score (nSPS) is 13.0. The monoisotopic (exact) mass is 270 g/mol. The third kappa shape index (κ3) is 3.57. The van der Waals surface area contributed by atoms with Gasteiger partial charge in [-0.2, -0.15) is 0 Å². The molecule has 1 aromatic heterocycles. The van der Waals surface area contributed by atoms with Crippen LogP contribution in [0.3, 0.4) is 0 Å². The second kappa shape index (κ2) is 7.39. The molecular formula is C18H26N2. The number of pyridine rings is 1. The van der Waals surface area contributed by atoms with Crippen LogP contribution in [-0.4, -0.2) is 17.6 Å². The molecule has 2 aromatic rings. The SMILES string of the molecule is CCNC(Cc1ccc2ccccc2n1)C(CC)CC. The Balaban J connectivity index is 2.19. The van der Waals surface area contributed by atoms with Crippen molar-refractivity contribution < 1.29 is 0 Å². The highest BCUT2D eigenvalue weighted by Crippen LogP contribution is 2.18. The molecule has 1 N–H and O–H groups in total. The van der Waals surface area contributed by atoms with Gasteiger partial charge >= 0.3 is 0 Å². The fraction of sp³-hybridized carbons (Fsp3) is 0.500. The molecule has 2 heteroatoms. The van der Waals surface area contributed by atoms with Gasteiger partial charge in [0.05, 0.1) is 5.52 Å². The van der Waals surface area contributed by atoms with E-state index in [2.05, 4.69) is 62.5 Å². The van der Waals surface area contributed by atoms with Gasteiger partial charge in [0.2, 0.25) is 0 Å². The van der Waals surface area contributed by atoms with Crippen LogP contribution in [-0.2, 0) is 6.42 Å². The van der Waals surface area contributed by atoms with Gasteiger partial charge in [0, 0.05) is 23.5 Å². The van der Waals surface area contributed by atoms with Crippen LogP contribution in [0.25, 0.3) is 10.9 Å². The van der Waals surface area contributed by atoms with Crippen LogP contribution in [0.5, 0.6) is 0 Å². The number of rotatable bonds is 7. The molecule has 0 spiro atoms. The van der Waals surface area contributed by atoms with E-state index in [0.717, 1.165) is 24.4 Å². The molecule has 2 nitrogen and oxygen atoms in total. The van der Waals surface area contributed by atoms with E-state index in [4.69, 9.17) is 4.98 Å². The Labute approximate surface area is 122 Å². The number of benzene rings is 1. The number of nitrogens with zero attached hydrogens (tertiary/aromatic N) is 1. The van der Waals surface area contributed by atoms with E-state index in [0.29, 0.717) is 6.04 Å². The lowest BCUT2D eigenvalue weighted by molar-refractivity contribution is 0.335.